The Morgan fingerprint density at radius 1 is 1.53 bits per heavy atom. The van der Waals surface area contributed by atoms with Crippen LogP contribution >= 0.6 is 15.9 Å². The minimum absolute atomic E-state index is 0.169. The van der Waals surface area contributed by atoms with Crippen molar-refractivity contribution in [1.29, 1.82) is 0 Å². The topological polar surface area (TPSA) is 55.6 Å². The van der Waals surface area contributed by atoms with Crippen molar-refractivity contribution >= 4 is 27.5 Å². The Hall–Kier alpha value is -1.07. The zero-order valence-electron chi connectivity index (χ0n) is 8.07. The standard InChI is InChI=1S/C10H11BrN2O2/c11-7-2-3-8(9(12)6-7)10(14)13-4-1-5-15-13/h2-3,6H,1,4-5,12H2. The lowest BCUT2D eigenvalue weighted by Gasteiger charge is -2.14. The molecule has 2 rings (SSSR count). The number of hydrogen-bond donors (Lipinski definition) is 1. The summed E-state index contributed by atoms with van der Waals surface area (Å²) in [5.41, 5.74) is 6.71. The van der Waals surface area contributed by atoms with Gasteiger partial charge < -0.3 is 5.73 Å². The van der Waals surface area contributed by atoms with Gasteiger partial charge in [0, 0.05) is 10.2 Å². The largest absolute Gasteiger partial charge is 0.398 e. The van der Waals surface area contributed by atoms with Crippen LogP contribution in [0.2, 0.25) is 0 Å². The van der Waals surface area contributed by atoms with Gasteiger partial charge in [0.15, 0.2) is 0 Å². The number of nitrogen functional groups attached to an aromatic ring is 1. The first-order chi connectivity index (χ1) is 7.18. The molecule has 0 aromatic heterocycles. The summed E-state index contributed by atoms with van der Waals surface area (Å²) in [6.07, 6.45) is 0.877. The number of carbonyl (C=O) groups excluding carboxylic acids is 1. The molecule has 1 aliphatic heterocycles. The highest BCUT2D eigenvalue weighted by molar-refractivity contribution is 9.10. The number of benzene rings is 1. The molecule has 5 heteroatoms. The van der Waals surface area contributed by atoms with E-state index in [2.05, 4.69) is 15.9 Å². The van der Waals surface area contributed by atoms with Crippen LogP contribution in [0.4, 0.5) is 5.69 Å². The van der Waals surface area contributed by atoms with Crippen LogP contribution in [0.25, 0.3) is 0 Å². The van der Waals surface area contributed by atoms with Gasteiger partial charge in [-0.25, -0.2) is 5.06 Å². The number of anilines is 1. The highest BCUT2D eigenvalue weighted by atomic mass is 79.9. The Morgan fingerprint density at radius 3 is 2.93 bits per heavy atom. The maximum absolute atomic E-state index is 11.9. The van der Waals surface area contributed by atoms with Gasteiger partial charge in [0.25, 0.3) is 5.91 Å². The van der Waals surface area contributed by atoms with E-state index < -0.39 is 0 Å². The van der Waals surface area contributed by atoms with E-state index in [1.165, 1.54) is 5.06 Å². The van der Waals surface area contributed by atoms with Crippen molar-refractivity contribution in [3.05, 3.63) is 28.2 Å². The summed E-state index contributed by atoms with van der Waals surface area (Å²) in [5.74, 6) is -0.169. The number of hydroxylamine groups is 2. The molecule has 0 unspecified atom stereocenters. The lowest BCUT2D eigenvalue weighted by atomic mass is 10.1. The van der Waals surface area contributed by atoms with E-state index in [1.807, 2.05) is 0 Å². The first-order valence-electron chi connectivity index (χ1n) is 4.68. The first kappa shape index (κ1) is 10.4. The second-order valence-electron chi connectivity index (χ2n) is 3.33. The van der Waals surface area contributed by atoms with Gasteiger partial charge in [0.1, 0.15) is 0 Å². The number of amides is 1. The van der Waals surface area contributed by atoms with Gasteiger partial charge in [0.05, 0.1) is 18.7 Å². The highest BCUT2D eigenvalue weighted by Gasteiger charge is 2.22. The molecule has 1 fully saturated rings. The summed E-state index contributed by atoms with van der Waals surface area (Å²) in [6, 6.07) is 5.20. The summed E-state index contributed by atoms with van der Waals surface area (Å²) in [5, 5.41) is 1.36. The molecule has 2 N–H and O–H groups in total. The molecule has 4 nitrogen and oxygen atoms in total. The van der Waals surface area contributed by atoms with Crippen molar-refractivity contribution < 1.29 is 9.63 Å². The fraction of sp³-hybridized carbons (Fsp3) is 0.300. The van der Waals surface area contributed by atoms with Gasteiger partial charge in [-0.15, -0.1) is 0 Å². The molecule has 15 heavy (non-hydrogen) atoms. The van der Waals surface area contributed by atoms with Crippen molar-refractivity contribution in [3.8, 4) is 0 Å². The summed E-state index contributed by atoms with van der Waals surface area (Å²) >= 11 is 3.29. The lowest BCUT2D eigenvalue weighted by Crippen LogP contribution is -2.27. The van der Waals surface area contributed by atoms with Crippen LogP contribution in [0, 0.1) is 0 Å². The Kier molecular flexibility index (Phi) is 2.93. The average molecular weight is 271 g/mol. The monoisotopic (exact) mass is 270 g/mol. The Balaban J connectivity index is 2.24. The van der Waals surface area contributed by atoms with Gasteiger partial charge in [0.2, 0.25) is 0 Å². The van der Waals surface area contributed by atoms with E-state index in [-0.39, 0.29) is 5.91 Å². The molecule has 0 atom stereocenters. The third-order valence-corrected chi connectivity index (χ3v) is 2.72. The summed E-state index contributed by atoms with van der Waals surface area (Å²) in [7, 11) is 0. The Labute approximate surface area is 96.1 Å². The van der Waals surface area contributed by atoms with Gasteiger partial charge in [-0.3, -0.25) is 9.63 Å². The molecule has 1 aromatic rings. The fourth-order valence-electron chi connectivity index (χ4n) is 1.47. The molecular formula is C10H11BrN2O2. The normalized spacial score (nSPS) is 15.7. The minimum atomic E-state index is -0.169. The van der Waals surface area contributed by atoms with E-state index >= 15 is 0 Å². The predicted molar refractivity (Wildman–Crippen MR) is 60.2 cm³/mol. The second-order valence-corrected chi connectivity index (χ2v) is 4.24. The number of nitrogens with two attached hydrogens (primary N) is 1. The van der Waals surface area contributed by atoms with Gasteiger partial charge in [-0.2, -0.15) is 0 Å². The number of nitrogens with zero attached hydrogens (tertiary/aromatic N) is 1. The van der Waals surface area contributed by atoms with E-state index in [1.54, 1.807) is 18.2 Å². The molecule has 0 aliphatic carbocycles. The molecule has 1 heterocycles. The van der Waals surface area contributed by atoms with E-state index in [0.717, 1.165) is 10.9 Å². The van der Waals surface area contributed by atoms with Crippen LogP contribution in [-0.2, 0) is 4.84 Å². The summed E-state index contributed by atoms with van der Waals surface area (Å²) in [6.45, 7) is 1.23. The van der Waals surface area contributed by atoms with E-state index in [0.29, 0.717) is 24.4 Å². The molecule has 0 spiro atoms. The number of rotatable bonds is 1. The molecule has 0 saturated carbocycles. The molecule has 1 saturated heterocycles. The van der Waals surface area contributed by atoms with Crippen LogP contribution in [0.15, 0.2) is 22.7 Å². The lowest BCUT2D eigenvalue weighted by molar-refractivity contribution is -0.0767. The van der Waals surface area contributed by atoms with Crippen LogP contribution < -0.4 is 5.73 Å². The minimum Gasteiger partial charge on any atom is -0.398 e. The fourth-order valence-corrected chi connectivity index (χ4v) is 1.85. The predicted octanol–water partition coefficient (Wildman–Crippen LogP) is 1.81. The SMILES string of the molecule is Nc1cc(Br)ccc1C(=O)N1CCCO1. The maximum atomic E-state index is 11.9. The smallest absolute Gasteiger partial charge is 0.279 e. The summed E-state index contributed by atoms with van der Waals surface area (Å²) in [4.78, 5) is 17.1. The Bertz CT molecular complexity index is 389. The van der Waals surface area contributed by atoms with Crippen LogP contribution in [-0.4, -0.2) is 24.1 Å². The average Bonchev–Trinajstić information content (AvgIpc) is 2.69. The van der Waals surface area contributed by atoms with Crippen molar-refractivity contribution in [3.63, 3.8) is 0 Å². The molecule has 0 radical (unpaired) electrons. The molecular weight excluding hydrogens is 260 g/mol. The molecule has 80 valence electrons. The quantitative estimate of drug-likeness (QED) is 0.792. The van der Waals surface area contributed by atoms with Crippen molar-refractivity contribution in [2.75, 3.05) is 18.9 Å². The number of halogens is 1. The third-order valence-electron chi connectivity index (χ3n) is 2.22. The van der Waals surface area contributed by atoms with E-state index in [4.69, 9.17) is 10.6 Å². The van der Waals surface area contributed by atoms with Crippen molar-refractivity contribution in [2.24, 2.45) is 0 Å². The second kappa shape index (κ2) is 4.20. The third kappa shape index (κ3) is 2.13. The molecule has 1 aliphatic rings. The Morgan fingerprint density at radius 2 is 2.33 bits per heavy atom. The van der Waals surface area contributed by atoms with Crippen molar-refractivity contribution in [1.82, 2.24) is 5.06 Å². The van der Waals surface area contributed by atoms with Gasteiger partial charge in [-0.1, -0.05) is 15.9 Å². The molecule has 1 aromatic carbocycles. The molecule has 0 bridgehead atoms. The number of hydrogen-bond acceptors (Lipinski definition) is 3. The van der Waals surface area contributed by atoms with Gasteiger partial charge in [-0.05, 0) is 24.6 Å². The van der Waals surface area contributed by atoms with Crippen LogP contribution in [0.5, 0.6) is 0 Å². The van der Waals surface area contributed by atoms with Crippen LogP contribution in [0.1, 0.15) is 16.8 Å². The van der Waals surface area contributed by atoms with Gasteiger partial charge >= 0.3 is 0 Å². The molecule has 1 amide bonds. The summed E-state index contributed by atoms with van der Waals surface area (Å²) < 4.78 is 0.860. The highest BCUT2D eigenvalue weighted by Crippen LogP contribution is 2.21. The maximum Gasteiger partial charge on any atom is 0.279 e. The zero-order chi connectivity index (χ0) is 10.8. The van der Waals surface area contributed by atoms with Crippen molar-refractivity contribution in [2.45, 2.75) is 6.42 Å². The first-order valence-corrected chi connectivity index (χ1v) is 5.47. The number of carbonyl (C=O) groups is 1. The van der Waals surface area contributed by atoms with E-state index in [9.17, 15) is 4.79 Å². The van der Waals surface area contributed by atoms with Crippen LogP contribution in [0.3, 0.4) is 0 Å². The zero-order valence-corrected chi connectivity index (χ0v) is 9.66.